The van der Waals surface area contributed by atoms with E-state index in [0.717, 1.165) is 21.9 Å². The third-order valence-electron chi connectivity index (χ3n) is 5.08. The van der Waals surface area contributed by atoms with E-state index >= 15 is 0 Å². The lowest BCUT2D eigenvalue weighted by Crippen LogP contribution is -2.30. The van der Waals surface area contributed by atoms with E-state index in [2.05, 4.69) is 41.2 Å². The predicted octanol–water partition coefficient (Wildman–Crippen LogP) is 5.51. The maximum Gasteiger partial charge on any atom is 0.319 e. The standard InChI is InChI=1S/C24H23N3O2S2/c1-27-20-15-17(9-12-22(20)31-21-6-4-3-5-19(21)23(27)28)26-24(29)25-14-13-16-7-10-18(30-2)11-8-16/h3-12,15H,13-14H2,1-2H3,(H2,25,26,29). The number of thioether (sulfide) groups is 1. The second kappa shape index (κ2) is 9.49. The summed E-state index contributed by atoms with van der Waals surface area (Å²) in [5.41, 5.74) is 3.29. The molecular formula is C24H23N3O2S2. The van der Waals surface area contributed by atoms with Gasteiger partial charge in [0.1, 0.15) is 0 Å². The third-order valence-corrected chi connectivity index (χ3v) is 6.96. The largest absolute Gasteiger partial charge is 0.338 e. The fourth-order valence-electron chi connectivity index (χ4n) is 3.37. The van der Waals surface area contributed by atoms with Gasteiger partial charge < -0.3 is 15.5 Å². The first kappa shape index (κ1) is 21.3. The summed E-state index contributed by atoms with van der Waals surface area (Å²) in [6.45, 7) is 0.541. The van der Waals surface area contributed by atoms with Crippen molar-refractivity contribution in [3.8, 4) is 0 Å². The summed E-state index contributed by atoms with van der Waals surface area (Å²) < 4.78 is 0. The van der Waals surface area contributed by atoms with Gasteiger partial charge in [-0.2, -0.15) is 0 Å². The average molecular weight is 450 g/mol. The summed E-state index contributed by atoms with van der Waals surface area (Å²) in [7, 11) is 1.76. The van der Waals surface area contributed by atoms with Crippen molar-refractivity contribution in [2.75, 3.05) is 30.1 Å². The Morgan fingerprint density at radius 3 is 2.58 bits per heavy atom. The molecule has 1 heterocycles. The molecular weight excluding hydrogens is 426 g/mol. The second-order valence-corrected chi connectivity index (χ2v) is 9.09. The van der Waals surface area contributed by atoms with E-state index in [1.165, 1.54) is 10.5 Å². The van der Waals surface area contributed by atoms with Gasteiger partial charge in [0.05, 0.1) is 11.3 Å². The number of anilines is 2. The Morgan fingerprint density at radius 1 is 1.03 bits per heavy atom. The summed E-state index contributed by atoms with van der Waals surface area (Å²) in [4.78, 5) is 30.0. The van der Waals surface area contributed by atoms with Gasteiger partial charge in [-0.25, -0.2) is 4.79 Å². The van der Waals surface area contributed by atoms with Gasteiger partial charge in [0.15, 0.2) is 0 Å². The maximum absolute atomic E-state index is 12.9. The van der Waals surface area contributed by atoms with Gasteiger partial charge in [0, 0.05) is 34.0 Å². The zero-order valence-electron chi connectivity index (χ0n) is 17.3. The van der Waals surface area contributed by atoms with Gasteiger partial charge in [-0.3, -0.25) is 4.79 Å². The van der Waals surface area contributed by atoms with Crippen LogP contribution in [0.4, 0.5) is 16.2 Å². The molecule has 2 N–H and O–H groups in total. The van der Waals surface area contributed by atoms with Crippen LogP contribution in [0.1, 0.15) is 15.9 Å². The molecule has 0 bridgehead atoms. The highest BCUT2D eigenvalue weighted by molar-refractivity contribution is 7.99. The first-order valence-electron chi connectivity index (χ1n) is 9.92. The SMILES string of the molecule is CSc1ccc(CCNC(=O)Nc2ccc3c(c2)N(C)C(=O)c2ccccc2S3)cc1. The normalized spacial score (nSPS) is 12.6. The van der Waals surface area contributed by atoms with Crippen molar-refractivity contribution in [3.63, 3.8) is 0 Å². The highest BCUT2D eigenvalue weighted by atomic mass is 32.2. The van der Waals surface area contributed by atoms with Crippen LogP contribution in [0, 0.1) is 0 Å². The maximum atomic E-state index is 12.9. The molecule has 5 nitrogen and oxygen atoms in total. The molecule has 0 spiro atoms. The van der Waals surface area contributed by atoms with Gasteiger partial charge in [0.25, 0.3) is 5.91 Å². The van der Waals surface area contributed by atoms with Gasteiger partial charge in [-0.1, -0.05) is 36.0 Å². The predicted molar refractivity (Wildman–Crippen MR) is 129 cm³/mol. The number of nitrogens with one attached hydrogen (secondary N) is 2. The fraction of sp³-hybridized carbons (Fsp3) is 0.167. The number of carbonyl (C=O) groups excluding carboxylic acids is 2. The zero-order chi connectivity index (χ0) is 21.8. The Kier molecular flexibility index (Phi) is 6.53. The highest BCUT2D eigenvalue weighted by Gasteiger charge is 2.24. The number of nitrogens with zero attached hydrogens (tertiary/aromatic N) is 1. The Hall–Kier alpha value is -2.90. The number of urea groups is 1. The average Bonchev–Trinajstić information content (AvgIpc) is 2.89. The summed E-state index contributed by atoms with van der Waals surface area (Å²) in [5.74, 6) is -0.0593. The van der Waals surface area contributed by atoms with Crippen LogP contribution in [0.25, 0.3) is 0 Å². The van der Waals surface area contributed by atoms with E-state index in [-0.39, 0.29) is 11.9 Å². The van der Waals surface area contributed by atoms with Gasteiger partial charge >= 0.3 is 6.03 Å². The molecule has 0 aromatic heterocycles. The molecule has 0 fully saturated rings. The number of hydrogen-bond donors (Lipinski definition) is 2. The van der Waals surface area contributed by atoms with Crippen LogP contribution < -0.4 is 15.5 Å². The van der Waals surface area contributed by atoms with Crippen molar-refractivity contribution in [2.45, 2.75) is 21.1 Å². The third kappa shape index (κ3) is 4.89. The molecule has 0 aliphatic carbocycles. The van der Waals surface area contributed by atoms with Crippen molar-refractivity contribution in [1.82, 2.24) is 5.32 Å². The number of hydrogen-bond acceptors (Lipinski definition) is 4. The van der Waals surface area contributed by atoms with Crippen molar-refractivity contribution in [2.24, 2.45) is 0 Å². The first-order valence-corrected chi connectivity index (χ1v) is 12.0. The van der Waals surface area contributed by atoms with E-state index < -0.39 is 0 Å². The summed E-state index contributed by atoms with van der Waals surface area (Å²) in [6, 6.07) is 21.3. The molecule has 158 valence electrons. The summed E-state index contributed by atoms with van der Waals surface area (Å²) >= 11 is 3.27. The monoisotopic (exact) mass is 449 g/mol. The van der Waals surface area contributed by atoms with E-state index in [1.54, 1.807) is 35.5 Å². The van der Waals surface area contributed by atoms with E-state index in [9.17, 15) is 9.59 Å². The molecule has 0 saturated heterocycles. The molecule has 1 aliphatic heterocycles. The zero-order valence-corrected chi connectivity index (χ0v) is 19.0. The van der Waals surface area contributed by atoms with Crippen molar-refractivity contribution in [3.05, 3.63) is 77.9 Å². The minimum absolute atomic E-state index is 0.0593. The molecule has 31 heavy (non-hydrogen) atoms. The smallest absolute Gasteiger partial charge is 0.319 e. The van der Waals surface area contributed by atoms with Crippen molar-refractivity contribution < 1.29 is 9.59 Å². The molecule has 0 unspecified atom stereocenters. The van der Waals surface area contributed by atoms with Crippen LogP contribution in [0.2, 0.25) is 0 Å². The quantitative estimate of drug-likeness (QED) is 0.504. The van der Waals surface area contributed by atoms with E-state index in [4.69, 9.17) is 0 Å². The van der Waals surface area contributed by atoms with Gasteiger partial charge in [0.2, 0.25) is 0 Å². The van der Waals surface area contributed by atoms with Crippen LogP contribution in [0.5, 0.6) is 0 Å². The Labute approximate surface area is 190 Å². The van der Waals surface area contributed by atoms with Crippen LogP contribution in [-0.2, 0) is 6.42 Å². The van der Waals surface area contributed by atoms with Crippen molar-refractivity contribution >= 4 is 46.8 Å². The van der Waals surface area contributed by atoms with Crippen LogP contribution in [0.15, 0.2) is 81.4 Å². The molecule has 3 aromatic rings. The molecule has 0 atom stereocenters. The molecule has 4 rings (SSSR count). The molecule has 7 heteroatoms. The summed E-state index contributed by atoms with van der Waals surface area (Å²) in [6.07, 6.45) is 2.81. The van der Waals surface area contributed by atoms with Gasteiger partial charge in [-0.05, 0) is 60.7 Å². The second-order valence-electron chi connectivity index (χ2n) is 7.12. The van der Waals surface area contributed by atoms with Crippen LogP contribution >= 0.6 is 23.5 Å². The minimum Gasteiger partial charge on any atom is -0.338 e. The van der Waals surface area contributed by atoms with Crippen LogP contribution in [-0.4, -0.2) is 31.8 Å². The molecule has 0 radical (unpaired) electrons. The Balaban J connectivity index is 1.40. The number of fused-ring (bicyclic) bond motifs is 2. The minimum atomic E-state index is -0.265. The fourth-order valence-corrected chi connectivity index (χ4v) is 4.87. The molecule has 0 saturated carbocycles. The number of amides is 3. The lowest BCUT2D eigenvalue weighted by molar-refractivity contribution is 0.0990. The van der Waals surface area contributed by atoms with Crippen LogP contribution in [0.3, 0.4) is 0 Å². The summed E-state index contributed by atoms with van der Waals surface area (Å²) in [5, 5.41) is 5.77. The van der Waals surface area contributed by atoms with E-state index in [0.29, 0.717) is 17.8 Å². The van der Waals surface area contributed by atoms with E-state index in [1.807, 2.05) is 42.5 Å². The van der Waals surface area contributed by atoms with Crippen molar-refractivity contribution in [1.29, 1.82) is 0 Å². The molecule has 3 amide bonds. The highest BCUT2D eigenvalue weighted by Crippen LogP contribution is 2.41. The Morgan fingerprint density at radius 2 is 1.81 bits per heavy atom. The number of carbonyl (C=O) groups is 2. The topological polar surface area (TPSA) is 61.4 Å². The Bertz CT molecular complexity index is 1120. The number of benzene rings is 3. The van der Waals surface area contributed by atoms with Gasteiger partial charge in [-0.15, -0.1) is 11.8 Å². The molecule has 1 aliphatic rings. The molecule has 3 aromatic carbocycles. The first-order chi connectivity index (χ1) is 15.0. The number of rotatable bonds is 5. The lowest BCUT2D eigenvalue weighted by Gasteiger charge is -2.18. The lowest BCUT2D eigenvalue weighted by atomic mass is 10.1.